The minimum absolute atomic E-state index is 0.0677. The number of ether oxygens (including phenoxy) is 1. The quantitative estimate of drug-likeness (QED) is 0.890. The summed E-state index contributed by atoms with van der Waals surface area (Å²) in [6.45, 7) is 6.09. The van der Waals surface area contributed by atoms with Crippen molar-refractivity contribution in [3.63, 3.8) is 0 Å². The predicted octanol–water partition coefficient (Wildman–Crippen LogP) is 3.45. The third kappa shape index (κ3) is 5.05. The van der Waals surface area contributed by atoms with E-state index >= 15 is 0 Å². The first kappa shape index (κ1) is 17.9. The maximum atomic E-state index is 12.7. The summed E-state index contributed by atoms with van der Waals surface area (Å²) in [5.41, 5.74) is 2.93. The molecule has 0 bridgehead atoms. The Kier molecular flexibility index (Phi) is 6.08. The lowest BCUT2D eigenvalue weighted by Crippen LogP contribution is -2.43. The molecule has 0 saturated carbocycles. The maximum absolute atomic E-state index is 12.7. The molecule has 1 fully saturated rings. The molecule has 0 radical (unpaired) electrons. The predicted molar refractivity (Wildman–Crippen MR) is 100 cm³/mol. The van der Waals surface area contributed by atoms with Crippen LogP contribution in [0.5, 0.6) is 0 Å². The first-order chi connectivity index (χ1) is 12.1. The first-order valence-corrected chi connectivity index (χ1v) is 8.93. The number of halogens is 1. The van der Waals surface area contributed by atoms with E-state index in [9.17, 15) is 4.79 Å². The van der Waals surface area contributed by atoms with Gasteiger partial charge in [0.25, 0.3) is 5.91 Å². The number of amides is 1. The molecule has 2 aromatic rings. The van der Waals surface area contributed by atoms with Gasteiger partial charge in [-0.1, -0.05) is 41.4 Å². The van der Waals surface area contributed by atoms with E-state index < -0.39 is 0 Å². The number of nitrogens with one attached hydrogen (secondary N) is 1. The van der Waals surface area contributed by atoms with E-state index in [1.54, 1.807) is 24.3 Å². The molecule has 1 atom stereocenters. The zero-order valence-corrected chi connectivity index (χ0v) is 15.1. The van der Waals surface area contributed by atoms with E-state index in [4.69, 9.17) is 16.3 Å². The molecular formula is C20H23ClN2O2. The van der Waals surface area contributed by atoms with Crippen LogP contribution in [-0.4, -0.2) is 43.7 Å². The van der Waals surface area contributed by atoms with Gasteiger partial charge < -0.3 is 10.1 Å². The highest BCUT2D eigenvalue weighted by Gasteiger charge is 2.20. The van der Waals surface area contributed by atoms with Crippen LogP contribution in [-0.2, 0) is 4.74 Å². The molecule has 1 unspecified atom stereocenters. The van der Waals surface area contributed by atoms with Crippen molar-refractivity contribution < 1.29 is 9.53 Å². The third-order valence-electron chi connectivity index (χ3n) is 4.44. The van der Waals surface area contributed by atoms with Crippen molar-refractivity contribution in [3.8, 4) is 0 Å². The Hall–Kier alpha value is -1.88. The largest absolute Gasteiger partial charge is 0.379 e. The summed E-state index contributed by atoms with van der Waals surface area (Å²) in [7, 11) is 0. The number of hydrogen-bond acceptors (Lipinski definition) is 3. The van der Waals surface area contributed by atoms with Gasteiger partial charge in [0.1, 0.15) is 0 Å². The van der Waals surface area contributed by atoms with Crippen molar-refractivity contribution in [3.05, 3.63) is 70.2 Å². The van der Waals surface area contributed by atoms with Crippen LogP contribution in [0, 0.1) is 6.92 Å². The molecule has 1 aliphatic rings. The van der Waals surface area contributed by atoms with Crippen LogP contribution in [0.15, 0.2) is 48.5 Å². The minimum Gasteiger partial charge on any atom is -0.379 e. The molecule has 1 amide bonds. The second-order valence-corrected chi connectivity index (χ2v) is 6.79. The second-order valence-electron chi connectivity index (χ2n) is 6.36. The normalized spacial score (nSPS) is 16.4. The Labute approximate surface area is 153 Å². The van der Waals surface area contributed by atoms with E-state index in [0.717, 1.165) is 38.4 Å². The lowest BCUT2D eigenvalue weighted by Gasteiger charge is -2.31. The lowest BCUT2D eigenvalue weighted by molar-refractivity contribution is 0.0332. The fraction of sp³-hybridized carbons (Fsp3) is 0.350. The third-order valence-corrected chi connectivity index (χ3v) is 4.69. The van der Waals surface area contributed by atoms with E-state index in [1.165, 1.54) is 5.56 Å². The zero-order valence-electron chi connectivity index (χ0n) is 14.4. The average molecular weight is 359 g/mol. The Morgan fingerprint density at radius 1 is 1.12 bits per heavy atom. The first-order valence-electron chi connectivity index (χ1n) is 8.55. The number of rotatable bonds is 5. The lowest BCUT2D eigenvalue weighted by atomic mass is 10.0. The van der Waals surface area contributed by atoms with Crippen LogP contribution in [0.4, 0.5) is 0 Å². The van der Waals surface area contributed by atoms with Gasteiger partial charge in [0.2, 0.25) is 0 Å². The molecule has 132 valence electrons. The minimum atomic E-state index is -0.0875. The van der Waals surface area contributed by atoms with Crippen molar-refractivity contribution in [1.82, 2.24) is 10.2 Å². The van der Waals surface area contributed by atoms with Crippen LogP contribution >= 0.6 is 11.6 Å². The summed E-state index contributed by atoms with van der Waals surface area (Å²) in [6.07, 6.45) is 0. The zero-order chi connectivity index (χ0) is 17.6. The summed E-state index contributed by atoms with van der Waals surface area (Å²) in [5, 5.41) is 3.80. The Morgan fingerprint density at radius 2 is 1.76 bits per heavy atom. The summed E-state index contributed by atoms with van der Waals surface area (Å²) in [6, 6.07) is 15.2. The summed E-state index contributed by atoms with van der Waals surface area (Å²) in [4.78, 5) is 15.0. The van der Waals surface area contributed by atoms with Gasteiger partial charge in [-0.25, -0.2) is 0 Å². The summed E-state index contributed by atoms with van der Waals surface area (Å²) in [5.74, 6) is -0.0875. The van der Waals surface area contributed by atoms with Crippen molar-refractivity contribution in [2.45, 2.75) is 13.0 Å². The molecule has 0 aliphatic carbocycles. The van der Waals surface area contributed by atoms with Crippen LogP contribution in [0.2, 0.25) is 5.02 Å². The van der Waals surface area contributed by atoms with Crippen molar-refractivity contribution in [2.75, 3.05) is 32.8 Å². The van der Waals surface area contributed by atoms with Crippen molar-refractivity contribution >= 4 is 17.5 Å². The highest BCUT2D eigenvalue weighted by atomic mass is 35.5. The van der Waals surface area contributed by atoms with Gasteiger partial charge in [0.15, 0.2) is 0 Å². The average Bonchev–Trinajstić information content (AvgIpc) is 2.63. The SMILES string of the molecule is Cc1ccc(C(CN2CCOCC2)NC(=O)c2ccc(Cl)cc2)cc1. The maximum Gasteiger partial charge on any atom is 0.251 e. The standard InChI is InChI=1S/C20H23ClN2O2/c1-15-2-4-16(5-3-15)19(14-23-10-12-25-13-11-23)22-20(24)17-6-8-18(21)9-7-17/h2-9,19H,10-14H2,1H3,(H,22,24). The summed E-state index contributed by atoms with van der Waals surface area (Å²) < 4.78 is 5.42. The molecule has 1 N–H and O–H groups in total. The van der Waals surface area contributed by atoms with Gasteiger partial charge in [-0.3, -0.25) is 9.69 Å². The van der Waals surface area contributed by atoms with E-state index in [2.05, 4.69) is 41.4 Å². The smallest absolute Gasteiger partial charge is 0.251 e. The monoisotopic (exact) mass is 358 g/mol. The summed E-state index contributed by atoms with van der Waals surface area (Å²) >= 11 is 5.91. The Bertz CT molecular complexity index is 695. The molecular weight excluding hydrogens is 336 g/mol. The van der Waals surface area contributed by atoms with Gasteiger partial charge >= 0.3 is 0 Å². The molecule has 25 heavy (non-hydrogen) atoms. The number of carbonyl (C=O) groups is 1. The topological polar surface area (TPSA) is 41.6 Å². The molecule has 2 aromatic carbocycles. The number of carbonyl (C=O) groups excluding carboxylic acids is 1. The van der Waals surface area contributed by atoms with Crippen LogP contribution in [0.25, 0.3) is 0 Å². The fourth-order valence-corrected chi connectivity index (χ4v) is 3.04. The van der Waals surface area contributed by atoms with Crippen molar-refractivity contribution in [2.24, 2.45) is 0 Å². The number of aryl methyl sites for hydroxylation is 1. The van der Waals surface area contributed by atoms with Crippen LogP contribution in [0.3, 0.4) is 0 Å². The van der Waals surface area contributed by atoms with Crippen LogP contribution in [0.1, 0.15) is 27.5 Å². The molecule has 3 rings (SSSR count). The molecule has 0 aromatic heterocycles. The molecule has 0 spiro atoms. The van der Waals surface area contributed by atoms with Gasteiger partial charge in [-0.05, 0) is 36.8 Å². The molecule has 4 nitrogen and oxygen atoms in total. The Balaban J connectivity index is 1.76. The number of nitrogens with zero attached hydrogens (tertiary/aromatic N) is 1. The molecule has 1 aliphatic heterocycles. The van der Waals surface area contributed by atoms with Crippen molar-refractivity contribution in [1.29, 1.82) is 0 Å². The fourth-order valence-electron chi connectivity index (χ4n) is 2.92. The van der Waals surface area contributed by atoms with E-state index in [0.29, 0.717) is 10.6 Å². The van der Waals surface area contributed by atoms with Gasteiger partial charge in [0.05, 0.1) is 19.3 Å². The number of morpholine rings is 1. The molecule has 1 heterocycles. The Morgan fingerprint density at radius 3 is 2.40 bits per heavy atom. The van der Waals surface area contributed by atoms with E-state index in [-0.39, 0.29) is 11.9 Å². The highest BCUT2D eigenvalue weighted by Crippen LogP contribution is 2.18. The molecule has 5 heteroatoms. The van der Waals surface area contributed by atoms with E-state index in [1.807, 2.05) is 0 Å². The highest BCUT2D eigenvalue weighted by molar-refractivity contribution is 6.30. The number of hydrogen-bond donors (Lipinski definition) is 1. The van der Waals surface area contributed by atoms with Crippen LogP contribution < -0.4 is 5.32 Å². The number of benzene rings is 2. The molecule has 1 saturated heterocycles. The van der Waals surface area contributed by atoms with Gasteiger partial charge in [-0.15, -0.1) is 0 Å². The van der Waals surface area contributed by atoms with Gasteiger partial charge in [-0.2, -0.15) is 0 Å². The van der Waals surface area contributed by atoms with Gasteiger partial charge in [0, 0.05) is 30.2 Å². The second kappa shape index (κ2) is 8.48.